The highest BCUT2D eigenvalue weighted by molar-refractivity contribution is 5.83. The number of rotatable bonds is 5. The maximum absolute atomic E-state index is 12.3. The summed E-state index contributed by atoms with van der Waals surface area (Å²) < 4.78 is 5.26. The van der Waals surface area contributed by atoms with E-state index in [0.29, 0.717) is 32.0 Å². The number of carboxylic acids is 1. The van der Waals surface area contributed by atoms with Gasteiger partial charge in [-0.2, -0.15) is 0 Å². The third kappa shape index (κ3) is 3.29. The minimum absolute atomic E-state index is 0.0719. The highest BCUT2D eigenvalue weighted by Crippen LogP contribution is 2.49. The Balaban J connectivity index is 1.49. The molecule has 0 aromatic carbocycles. The van der Waals surface area contributed by atoms with Gasteiger partial charge in [0.05, 0.1) is 5.41 Å². The Labute approximate surface area is 131 Å². The Bertz CT molecular complexity index is 424. The smallest absolute Gasteiger partial charge is 0.311 e. The summed E-state index contributed by atoms with van der Waals surface area (Å²) in [5, 5.41) is 12.4. The Morgan fingerprint density at radius 3 is 2.45 bits per heavy atom. The third-order valence-corrected chi connectivity index (χ3v) is 5.94. The second-order valence-electron chi connectivity index (χ2n) is 7.32. The molecule has 2 aliphatic carbocycles. The van der Waals surface area contributed by atoms with E-state index in [0.717, 1.165) is 12.3 Å². The van der Waals surface area contributed by atoms with E-state index in [1.165, 1.54) is 32.1 Å². The number of carbonyl (C=O) groups excluding carboxylic acids is 1. The quantitative estimate of drug-likeness (QED) is 0.816. The summed E-state index contributed by atoms with van der Waals surface area (Å²) in [5.74, 6) is 0.670. The van der Waals surface area contributed by atoms with Crippen molar-refractivity contribution in [2.75, 3.05) is 19.8 Å². The van der Waals surface area contributed by atoms with Crippen molar-refractivity contribution in [3.63, 3.8) is 0 Å². The van der Waals surface area contributed by atoms with Crippen LogP contribution in [0.3, 0.4) is 0 Å². The fourth-order valence-corrected chi connectivity index (χ4v) is 4.22. The minimum Gasteiger partial charge on any atom is -0.481 e. The zero-order valence-electron chi connectivity index (χ0n) is 13.2. The Hall–Kier alpha value is -1.10. The largest absolute Gasteiger partial charge is 0.481 e. The lowest BCUT2D eigenvalue weighted by atomic mass is 9.80. The summed E-state index contributed by atoms with van der Waals surface area (Å²) in [6.45, 7) is 1.19. The third-order valence-electron chi connectivity index (χ3n) is 5.94. The molecule has 22 heavy (non-hydrogen) atoms. The Morgan fingerprint density at radius 1 is 1.14 bits per heavy atom. The van der Waals surface area contributed by atoms with E-state index < -0.39 is 11.4 Å². The molecule has 2 unspecified atom stereocenters. The number of carboxylic acid groups (broad SMARTS) is 1. The standard InChI is InChI=1S/C17H27NO4/c19-15(14-10-13(14)12-4-2-1-3-5-12)18-11-17(16(20)21)6-8-22-9-7-17/h12-14H,1-11H2,(H,18,19)(H,20,21). The lowest BCUT2D eigenvalue weighted by Crippen LogP contribution is -2.47. The summed E-state index contributed by atoms with van der Waals surface area (Å²) in [7, 11) is 0. The summed E-state index contributed by atoms with van der Waals surface area (Å²) >= 11 is 0. The highest BCUT2D eigenvalue weighted by atomic mass is 16.5. The summed E-state index contributed by atoms with van der Waals surface area (Å²) in [4.78, 5) is 23.9. The van der Waals surface area contributed by atoms with Gasteiger partial charge in [0, 0.05) is 25.7 Å². The zero-order valence-corrected chi connectivity index (χ0v) is 13.2. The number of ether oxygens (including phenoxy) is 1. The van der Waals surface area contributed by atoms with Crippen LogP contribution in [0.15, 0.2) is 0 Å². The summed E-state index contributed by atoms with van der Waals surface area (Å²) in [5.41, 5.74) is -0.830. The van der Waals surface area contributed by atoms with Crippen LogP contribution in [0.4, 0.5) is 0 Å². The molecule has 1 heterocycles. The zero-order chi connectivity index (χ0) is 15.6. The van der Waals surface area contributed by atoms with Crippen LogP contribution in [0.2, 0.25) is 0 Å². The van der Waals surface area contributed by atoms with Gasteiger partial charge in [0.25, 0.3) is 0 Å². The minimum atomic E-state index is -0.830. The maximum Gasteiger partial charge on any atom is 0.311 e. The first-order valence-electron chi connectivity index (χ1n) is 8.71. The molecule has 0 radical (unpaired) electrons. The van der Waals surface area contributed by atoms with Crippen molar-refractivity contribution in [1.29, 1.82) is 0 Å². The van der Waals surface area contributed by atoms with Gasteiger partial charge in [-0.1, -0.05) is 32.1 Å². The van der Waals surface area contributed by atoms with Gasteiger partial charge in [-0.05, 0) is 31.1 Å². The van der Waals surface area contributed by atoms with Gasteiger partial charge in [0.1, 0.15) is 0 Å². The lowest BCUT2D eigenvalue weighted by Gasteiger charge is -2.33. The lowest BCUT2D eigenvalue weighted by molar-refractivity contribution is -0.154. The monoisotopic (exact) mass is 309 g/mol. The van der Waals surface area contributed by atoms with Crippen LogP contribution in [-0.2, 0) is 14.3 Å². The van der Waals surface area contributed by atoms with Gasteiger partial charge in [0.2, 0.25) is 5.91 Å². The van der Waals surface area contributed by atoms with Gasteiger partial charge in [-0.25, -0.2) is 0 Å². The Morgan fingerprint density at radius 2 is 1.82 bits per heavy atom. The molecule has 2 atom stereocenters. The number of carbonyl (C=O) groups is 2. The van der Waals surface area contributed by atoms with Crippen molar-refractivity contribution >= 4 is 11.9 Å². The van der Waals surface area contributed by atoms with Crippen LogP contribution in [0.25, 0.3) is 0 Å². The molecule has 3 rings (SSSR count). The van der Waals surface area contributed by atoms with E-state index in [1.807, 2.05) is 0 Å². The first-order chi connectivity index (χ1) is 10.6. The van der Waals surface area contributed by atoms with Crippen molar-refractivity contribution in [2.24, 2.45) is 23.2 Å². The van der Waals surface area contributed by atoms with Crippen LogP contribution in [-0.4, -0.2) is 36.7 Å². The predicted molar refractivity (Wildman–Crippen MR) is 81.3 cm³/mol. The highest BCUT2D eigenvalue weighted by Gasteiger charge is 2.48. The average molecular weight is 309 g/mol. The van der Waals surface area contributed by atoms with Gasteiger partial charge in [-0.3, -0.25) is 9.59 Å². The van der Waals surface area contributed by atoms with E-state index in [-0.39, 0.29) is 18.4 Å². The molecule has 3 aliphatic rings. The molecule has 124 valence electrons. The molecule has 1 saturated heterocycles. The van der Waals surface area contributed by atoms with Crippen LogP contribution in [0.5, 0.6) is 0 Å². The maximum atomic E-state index is 12.3. The van der Waals surface area contributed by atoms with E-state index >= 15 is 0 Å². The van der Waals surface area contributed by atoms with E-state index in [1.54, 1.807) is 0 Å². The van der Waals surface area contributed by atoms with Gasteiger partial charge in [-0.15, -0.1) is 0 Å². The molecule has 2 N–H and O–H groups in total. The van der Waals surface area contributed by atoms with E-state index in [4.69, 9.17) is 4.74 Å². The second kappa shape index (κ2) is 6.57. The molecular formula is C17H27NO4. The van der Waals surface area contributed by atoms with Gasteiger partial charge < -0.3 is 15.2 Å². The van der Waals surface area contributed by atoms with E-state index in [9.17, 15) is 14.7 Å². The topological polar surface area (TPSA) is 75.6 Å². The molecule has 1 amide bonds. The fraction of sp³-hybridized carbons (Fsp3) is 0.882. The van der Waals surface area contributed by atoms with Crippen molar-refractivity contribution in [1.82, 2.24) is 5.32 Å². The number of amides is 1. The predicted octanol–water partition coefficient (Wildman–Crippen LogP) is 2.20. The van der Waals surface area contributed by atoms with Crippen LogP contribution in [0.1, 0.15) is 51.4 Å². The first kappa shape index (κ1) is 15.8. The van der Waals surface area contributed by atoms with Crippen LogP contribution >= 0.6 is 0 Å². The molecular weight excluding hydrogens is 282 g/mol. The molecule has 1 aliphatic heterocycles. The molecule has 5 nitrogen and oxygen atoms in total. The van der Waals surface area contributed by atoms with Crippen molar-refractivity contribution in [3.8, 4) is 0 Å². The SMILES string of the molecule is O=C(NCC1(C(=O)O)CCOCC1)C1CC1C1CCCCC1. The molecule has 0 aromatic rings. The number of hydrogen-bond acceptors (Lipinski definition) is 3. The summed E-state index contributed by atoms with van der Waals surface area (Å²) in [6.07, 6.45) is 8.45. The second-order valence-corrected chi connectivity index (χ2v) is 7.32. The molecule has 0 bridgehead atoms. The first-order valence-corrected chi connectivity index (χ1v) is 8.71. The molecule has 2 saturated carbocycles. The number of nitrogens with one attached hydrogen (secondary N) is 1. The Kier molecular flexibility index (Phi) is 4.71. The van der Waals surface area contributed by atoms with Crippen LogP contribution < -0.4 is 5.32 Å². The van der Waals surface area contributed by atoms with Gasteiger partial charge in [0.15, 0.2) is 0 Å². The van der Waals surface area contributed by atoms with Crippen molar-refractivity contribution in [3.05, 3.63) is 0 Å². The molecule has 0 spiro atoms. The fourth-order valence-electron chi connectivity index (χ4n) is 4.22. The van der Waals surface area contributed by atoms with Crippen molar-refractivity contribution < 1.29 is 19.4 Å². The van der Waals surface area contributed by atoms with Crippen LogP contribution in [0, 0.1) is 23.2 Å². The van der Waals surface area contributed by atoms with Gasteiger partial charge >= 0.3 is 5.97 Å². The normalized spacial score (nSPS) is 31.5. The average Bonchev–Trinajstić information content (AvgIpc) is 3.35. The van der Waals surface area contributed by atoms with Crippen molar-refractivity contribution in [2.45, 2.75) is 51.4 Å². The molecule has 5 heteroatoms. The number of aliphatic carboxylic acids is 1. The molecule has 0 aromatic heterocycles. The number of hydrogen-bond donors (Lipinski definition) is 2. The van der Waals surface area contributed by atoms with E-state index in [2.05, 4.69) is 5.32 Å². The summed E-state index contributed by atoms with van der Waals surface area (Å²) in [6, 6.07) is 0. The molecule has 3 fully saturated rings.